The Morgan fingerprint density at radius 2 is 2.05 bits per heavy atom. The summed E-state index contributed by atoms with van der Waals surface area (Å²) in [6, 6.07) is 0.0555. The average molecular weight is 332 g/mol. The van der Waals surface area contributed by atoms with Crippen LogP contribution in [0.25, 0.3) is 0 Å². The third kappa shape index (κ3) is 4.31. The molecule has 0 aromatic carbocycles. The van der Waals surface area contributed by atoms with Crippen molar-refractivity contribution in [3.63, 3.8) is 0 Å². The summed E-state index contributed by atoms with van der Waals surface area (Å²) >= 11 is 0. The number of rotatable bonds is 8. The van der Waals surface area contributed by atoms with Crippen LogP contribution in [0.3, 0.4) is 0 Å². The van der Waals surface area contributed by atoms with E-state index in [-0.39, 0.29) is 10.7 Å². The Hall–Kier alpha value is -1.87. The minimum absolute atomic E-state index is 0.0387. The fourth-order valence-electron chi connectivity index (χ4n) is 1.66. The molecule has 22 heavy (non-hydrogen) atoms. The third-order valence-electron chi connectivity index (χ3n) is 3.02. The molecular formula is C13H20N2O6S. The lowest BCUT2D eigenvalue weighted by Gasteiger charge is -2.13. The fourth-order valence-corrected chi connectivity index (χ4v) is 2.46. The lowest BCUT2D eigenvalue weighted by molar-refractivity contribution is -0.139. The zero-order valence-electron chi connectivity index (χ0n) is 12.7. The van der Waals surface area contributed by atoms with Crippen LogP contribution in [0.4, 0.5) is 0 Å². The molecule has 1 atom stereocenters. The van der Waals surface area contributed by atoms with E-state index in [2.05, 4.69) is 5.32 Å². The minimum Gasteiger partial charge on any atom is -0.480 e. The number of furan rings is 1. The molecule has 1 heterocycles. The van der Waals surface area contributed by atoms with E-state index in [0.29, 0.717) is 12.8 Å². The predicted octanol–water partition coefficient (Wildman–Crippen LogP) is 0.903. The van der Waals surface area contributed by atoms with Crippen LogP contribution in [0.5, 0.6) is 0 Å². The van der Waals surface area contributed by atoms with Gasteiger partial charge >= 0.3 is 5.97 Å². The maximum Gasteiger partial charge on any atom is 0.326 e. The first-order chi connectivity index (χ1) is 10.2. The van der Waals surface area contributed by atoms with E-state index in [4.69, 9.17) is 9.52 Å². The van der Waals surface area contributed by atoms with Gasteiger partial charge in [-0.3, -0.25) is 4.79 Å². The summed E-state index contributed by atoms with van der Waals surface area (Å²) in [7, 11) is -1.11. The van der Waals surface area contributed by atoms with E-state index < -0.39 is 27.9 Å². The summed E-state index contributed by atoms with van der Waals surface area (Å²) in [5.41, 5.74) is -0.0387. The molecule has 0 aliphatic heterocycles. The Labute approximate surface area is 129 Å². The van der Waals surface area contributed by atoms with Gasteiger partial charge < -0.3 is 14.8 Å². The van der Waals surface area contributed by atoms with Crippen molar-refractivity contribution in [3.8, 4) is 0 Å². The van der Waals surface area contributed by atoms with Crippen molar-refractivity contribution < 1.29 is 27.5 Å². The van der Waals surface area contributed by atoms with Gasteiger partial charge in [0.05, 0.1) is 5.56 Å². The van der Waals surface area contributed by atoms with Crippen LogP contribution in [0.2, 0.25) is 0 Å². The molecule has 1 aromatic heterocycles. The summed E-state index contributed by atoms with van der Waals surface area (Å²) < 4.78 is 29.5. The summed E-state index contributed by atoms with van der Waals surface area (Å²) in [6.45, 7) is 1.91. The number of unbranched alkanes of at least 4 members (excludes halogenated alkanes) is 1. The first kappa shape index (κ1) is 18.2. The molecular weight excluding hydrogens is 312 g/mol. The zero-order valence-corrected chi connectivity index (χ0v) is 13.5. The van der Waals surface area contributed by atoms with Crippen LogP contribution in [0.15, 0.2) is 21.8 Å². The van der Waals surface area contributed by atoms with Crippen molar-refractivity contribution >= 4 is 21.9 Å². The molecule has 8 nitrogen and oxygen atoms in total. The van der Waals surface area contributed by atoms with Crippen LogP contribution >= 0.6 is 0 Å². The van der Waals surface area contributed by atoms with Gasteiger partial charge in [0.25, 0.3) is 15.9 Å². The standard InChI is InChI=1S/C13H20N2O6S/c1-4-5-6-10(13(17)18)14-12(16)9-7-11(21-8-9)22(19,20)15(2)3/h7-8,10H,4-6H2,1-3H3,(H,14,16)(H,17,18)/t10-/m0/s1. The van der Waals surface area contributed by atoms with E-state index in [1.807, 2.05) is 6.92 Å². The Kier molecular flexibility index (Phi) is 6.12. The number of nitrogens with one attached hydrogen (secondary N) is 1. The molecule has 0 aliphatic rings. The number of carbonyl (C=O) groups excluding carboxylic acids is 1. The second-order valence-electron chi connectivity index (χ2n) is 4.95. The van der Waals surface area contributed by atoms with Gasteiger partial charge in [0, 0.05) is 20.2 Å². The van der Waals surface area contributed by atoms with E-state index in [9.17, 15) is 18.0 Å². The Morgan fingerprint density at radius 3 is 2.55 bits per heavy atom. The second kappa shape index (κ2) is 7.41. The van der Waals surface area contributed by atoms with Crippen molar-refractivity contribution in [1.82, 2.24) is 9.62 Å². The third-order valence-corrected chi connectivity index (χ3v) is 4.71. The molecule has 9 heteroatoms. The number of hydrogen-bond donors (Lipinski definition) is 2. The molecule has 0 aliphatic carbocycles. The number of sulfonamides is 1. The maximum absolute atomic E-state index is 12.0. The number of nitrogens with zero attached hydrogens (tertiary/aromatic N) is 1. The Morgan fingerprint density at radius 1 is 1.41 bits per heavy atom. The molecule has 0 saturated carbocycles. The van der Waals surface area contributed by atoms with Crippen LogP contribution in [0.1, 0.15) is 36.5 Å². The first-order valence-corrected chi connectivity index (χ1v) is 8.18. The number of carboxylic acid groups (broad SMARTS) is 1. The predicted molar refractivity (Wildman–Crippen MR) is 78.0 cm³/mol. The zero-order chi connectivity index (χ0) is 16.9. The lowest BCUT2D eigenvalue weighted by Crippen LogP contribution is -2.40. The highest BCUT2D eigenvalue weighted by molar-refractivity contribution is 7.88. The largest absolute Gasteiger partial charge is 0.480 e. The highest BCUT2D eigenvalue weighted by Gasteiger charge is 2.25. The number of carbonyl (C=O) groups is 2. The van der Waals surface area contributed by atoms with Crippen LogP contribution in [-0.2, 0) is 14.8 Å². The fraction of sp³-hybridized carbons (Fsp3) is 0.538. The van der Waals surface area contributed by atoms with E-state index in [1.165, 1.54) is 14.1 Å². The number of aliphatic carboxylic acids is 1. The average Bonchev–Trinajstić information content (AvgIpc) is 2.93. The van der Waals surface area contributed by atoms with Gasteiger partial charge in [-0.15, -0.1) is 0 Å². The summed E-state index contributed by atoms with van der Waals surface area (Å²) in [5, 5.41) is 11.0. The molecule has 0 unspecified atom stereocenters. The minimum atomic E-state index is -3.78. The number of amides is 1. The van der Waals surface area contributed by atoms with E-state index in [1.54, 1.807) is 0 Å². The quantitative estimate of drug-likeness (QED) is 0.730. The van der Waals surface area contributed by atoms with Crippen LogP contribution < -0.4 is 5.32 Å². The highest BCUT2D eigenvalue weighted by atomic mass is 32.2. The molecule has 1 aromatic rings. The molecule has 0 radical (unpaired) electrons. The van der Waals surface area contributed by atoms with Crippen molar-refractivity contribution in [2.75, 3.05) is 14.1 Å². The Bertz CT molecular complexity index is 635. The van der Waals surface area contributed by atoms with E-state index >= 15 is 0 Å². The summed E-state index contributed by atoms with van der Waals surface area (Å²) in [5.74, 6) is -1.82. The van der Waals surface area contributed by atoms with Gasteiger partial charge in [0.2, 0.25) is 5.09 Å². The molecule has 0 fully saturated rings. The van der Waals surface area contributed by atoms with Gasteiger partial charge in [-0.05, 0) is 6.42 Å². The second-order valence-corrected chi connectivity index (χ2v) is 7.03. The maximum atomic E-state index is 12.0. The van der Waals surface area contributed by atoms with Crippen LogP contribution in [-0.4, -0.2) is 49.8 Å². The topological polar surface area (TPSA) is 117 Å². The lowest BCUT2D eigenvalue weighted by atomic mass is 10.1. The molecule has 0 bridgehead atoms. The van der Waals surface area contributed by atoms with Crippen LogP contribution in [0, 0.1) is 0 Å². The normalized spacial score (nSPS) is 13.1. The van der Waals surface area contributed by atoms with Crippen molar-refractivity contribution in [1.29, 1.82) is 0 Å². The Balaban J connectivity index is 2.86. The molecule has 0 saturated heterocycles. The molecule has 1 rings (SSSR count). The monoisotopic (exact) mass is 332 g/mol. The van der Waals surface area contributed by atoms with Gasteiger partial charge in [0.1, 0.15) is 12.3 Å². The van der Waals surface area contributed by atoms with Gasteiger partial charge in [-0.25, -0.2) is 17.5 Å². The van der Waals surface area contributed by atoms with Gasteiger partial charge in [-0.2, -0.15) is 0 Å². The summed E-state index contributed by atoms with van der Waals surface area (Å²) in [6.07, 6.45) is 2.75. The summed E-state index contributed by atoms with van der Waals surface area (Å²) in [4.78, 5) is 23.1. The molecule has 124 valence electrons. The highest BCUT2D eigenvalue weighted by Crippen LogP contribution is 2.17. The van der Waals surface area contributed by atoms with Gasteiger partial charge in [-0.1, -0.05) is 19.8 Å². The first-order valence-electron chi connectivity index (χ1n) is 6.74. The molecule has 1 amide bonds. The van der Waals surface area contributed by atoms with Crippen molar-refractivity contribution in [2.24, 2.45) is 0 Å². The van der Waals surface area contributed by atoms with Crippen molar-refractivity contribution in [2.45, 2.75) is 37.3 Å². The number of carboxylic acids is 1. The van der Waals surface area contributed by atoms with Gasteiger partial charge in [0.15, 0.2) is 0 Å². The van der Waals surface area contributed by atoms with Crippen molar-refractivity contribution in [3.05, 3.63) is 17.9 Å². The van der Waals surface area contributed by atoms with E-state index in [0.717, 1.165) is 23.1 Å². The molecule has 2 N–H and O–H groups in total. The number of hydrogen-bond acceptors (Lipinski definition) is 5. The SMILES string of the molecule is CCCC[C@H](NC(=O)c1coc(S(=O)(=O)N(C)C)c1)C(=O)O. The smallest absolute Gasteiger partial charge is 0.326 e. The molecule has 0 spiro atoms.